The van der Waals surface area contributed by atoms with Gasteiger partial charge in [0, 0.05) is 48.9 Å². The number of aromatic hydroxyl groups is 1. The van der Waals surface area contributed by atoms with Crippen molar-refractivity contribution in [1.29, 1.82) is 0 Å². The van der Waals surface area contributed by atoms with Crippen molar-refractivity contribution >= 4 is 22.7 Å². The lowest BCUT2D eigenvalue weighted by atomic mass is 10.0. The second-order valence-electron chi connectivity index (χ2n) is 7.69. The molecule has 0 bridgehead atoms. The number of rotatable bonds is 9. The maximum absolute atomic E-state index is 12.6. The second kappa shape index (κ2) is 10.7. The Balaban J connectivity index is 1.57. The summed E-state index contributed by atoms with van der Waals surface area (Å²) in [5, 5.41) is 15.8. The summed E-state index contributed by atoms with van der Waals surface area (Å²) >= 11 is 0. The molecule has 0 aliphatic heterocycles. The van der Waals surface area contributed by atoms with Gasteiger partial charge in [-0.25, -0.2) is 9.59 Å². The summed E-state index contributed by atoms with van der Waals surface area (Å²) < 4.78 is 5.60. The average Bonchev–Trinajstić information content (AvgIpc) is 2.78. The van der Waals surface area contributed by atoms with Crippen LogP contribution in [0.1, 0.15) is 30.5 Å². The van der Waals surface area contributed by atoms with Crippen molar-refractivity contribution in [2.24, 2.45) is 0 Å². The van der Waals surface area contributed by atoms with Gasteiger partial charge >= 0.3 is 11.7 Å². The van der Waals surface area contributed by atoms with Crippen molar-refractivity contribution in [3.8, 4) is 5.75 Å². The second-order valence-corrected chi connectivity index (χ2v) is 7.69. The molecule has 0 unspecified atom stereocenters. The van der Waals surface area contributed by atoms with Gasteiger partial charge in [0.1, 0.15) is 11.3 Å². The van der Waals surface area contributed by atoms with E-state index in [-0.39, 0.29) is 17.4 Å². The van der Waals surface area contributed by atoms with Gasteiger partial charge in [0.05, 0.1) is 0 Å². The summed E-state index contributed by atoms with van der Waals surface area (Å²) in [5.74, 6) is 0.220. The molecule has 0 spiro atoms. The standard InChI is InChI=1S/C25H31N3O4/c1-4-28(5-2)19-8-11-21-17(3)22(24(30)32-23(21)16-19)13-15-27-25(31)26-14-12-18-6-9-20(29)10-7-18/h6-11,16,29H,4-5,12-15H2,1-3H3,(H2,26,27,31). The molecule has 0 saturated carbocycles. The number of carbonyl (C=O) groups excluding carboxylic acids is 1. The van der Waals surface area contributed by atoms with Gasteiger partial charge in [0.2, 0.25) is 0 Å². The molecule has 7 nitrogen and oxygen atoms in total. The molecule has 0 saturated heterocycles. The first-order valence-corrected chi connectivity index (χ1v) is 11.0. The zero-order chi connectivity index (χ0) is 23.1. The minimum absolute atomic E-state index is 0.220. The third-order valence-corrected chi connectivity index (χ3v) is 5.70. The Kier molecular flexibility index (Phi) is 7.76. The van der Waals surface area contributed by atoms with E-state index in [1.54, 1.807) is 12.1 Å². The van der Waals surface area contributed by atoms with Crippen LogP contribution in [0.5, 0.6) is 5.75 Å². The van der Waals surface area contributed by atoms with Crippen LogP contribution in [0.2, 0.25) is 0 Å². The van der Waals surface area contributed by atoms with Crippen molar-refractivity contribution in [3.63, 3.8) is 0 Å². The Hall–Kier alpha value is -3.48. The van der Waals surface area contributed by atoms with E-state index in [1.165, 1.54) is 0 Å². The Bertz CT molecular complexity index is 1120. The van der Waals surface area contributed by atoms with Crippen LogP contribution in [0.15, 0.2) is 51.7 Å². The number of amides is 2. The van der Waals surface area contributed by atoms with Gasteiger partial charge < -0.3 is 25.1 Å². The molecule has 0 aliphatic rings. The Morgan fingerprint density at radius 2 is 1.66 bits per heavy atom. The molecule has 0 fully saturated rings. The third-order valence-electron chi connectivity index (χ3n) is 5.70. The van der Waals surface area contributed by atoms with Crippen LogP contribution in [0, 0.1) is 6.92 Å². The number of aryl methyl sites for hydroxylation is 1. The molecule has 3 rings (SSSR count). The maximum Gasteiger partial charge on any atom is 0.339 e. The predicted octanol–water partition coefficient (Wildman–Crippen LogP) is 3.74. The molecule has 7 heteroatoms. The number of fused-ring (bicyclic) bond motifs is 1. The highest BCUT2D eigenvalue weighted by atomic mass is 16.4. The normalized spacial score (nSPS) is 10.8. The molecular formula is C25H31N3O4. The van der Waals surface area contributed by atoms with Gasteiger partial charge in [-0.3, -0.25) is 0 Å². The summed E-state index contributed by atoms with van der Waals surface area (Å²) in [7, 11) is 0. The molecular weight excluding hydrogens is 406 g/mol. The average molecular weight is 438 g/mol. The van der Waals surface area contributed by atoms with E-state index in [1.807, 2.05) is 37.3 Å². The maximum atomic E-state index is 12.6. The Morgan fingerprint density at radius 1 is 1.00 bits per heavy atom. The van der Waals surface area contributed by atoms with E-state index >= 15 is 0 Å². The van der Waals surface area contributed by atoms with E-state index in [0.717, 1.165) is 35.3 Å². The quantitative estimate of drug-likeness (QED) is 0.443. The van der Waals surface area contributed by atoms with Gasteiger partial charge in [-0.15, -0.1) is 0 Å². The largest absolute Gasteiger partial charge is 0.508 e. The lowest BCUT2D eigenvalue weighted by molar-refractivity contribution is 0.241. The molecule has 0 atom stereocenters. The van der Waals surface area contributed by atoms with Gasteiger partial charge in [-0.1, -0.05) is 12.1 Å². The van der Waals surface area contributed by atoms with E-state index in [2.05, 4.69) is 29.4 Å². The van der Waals surface area contributed by atoms with Crippen molar-refractivity contribution in [2.45, 2.75) is 33.6 Å². The number of benzene rings is 2. The van der Waals surface area contributed by atoms with Crippen LogP contribution in [0.3, 0.4) is 0 Å². The number of phenols is 1. The summed E-state index contributed by atoms with van der Waals surface area (Å²) in [6.45, 7) is 8.67. The fourth-order valence-corrected chi connectivity index (χ4v) is 3.80. The molecule has 170 valence electrons. The lowest BCUT2D eigenvalue weighted by Crippen LogP contribution is -2.38. The highest BCUT2D eigenvalue weighted by Gasteiger charge is 2.13. The van der Waals surface area contributed by atoms with E-state index in [4.69, 9.17) is 4.42 Å². The van der Waals surface area contributed by atoms with Gasteiger partial charge in [-0.2, -0.15) is 0 Å². The van der Waals surface area contributed by atoms with Crippen LogP contribution in [-0.4, -0.2) is 37.3 Å². The molecule has 1 heterocycles. The molecule has 0 aliphatic carbocycles. The van der Waals surface area contributed by atoms with Gasteiger partial charge in [-0.05, 0) is 69.0 Å². The predicted molar refractivity (Wildman–Crippen MR) is 128 cm³/mol. The van der Waals surface area contributed by atoms with Crippen molar-refractivity contribution in [3.05, 3.63) is 69.6 Å². The molecule has 3 aromatic rings. The van der Waals surface area contributed by atoms with Crippen molar-refractivity contribution < 1.29 is 14.3 Å². The van der Waals surface area contributed by atoms with Gasteiger partial charge in [0.15, 0.2) is 0 Å². The topological polar surface area (TPSA) is 94.8 Å². The number of phenolic OH excluding ortho intramolecular Hbond substituents is 1. The smallest absolute Gasteiger partial charge is 0.339 e. The third kappa shape index (κ3) is 5.60. The van der Waals surface area contributed by atoms with E-state index in [0.29, 0.717) is 37.1 Å². The SMILES string of the molecule is CCN(CC)c1ccc2c(C)c(CCNC(=O)NCCc3ccc(O)cc3)c(=O)oc2c1. The molecule has 1 aromatic heterocycles. The first-order chi connectivity index (χ1) is 15.4. The molecule has 2 aromatic carbocycles. The highest BCUT2D eigenvalue weighted by molar-refractivity contribution is 5.84. The number of anilines is 1. The first-order valence-electron chi connectivity index (χ1n) is 11.0. The van der Waals surface area contributed by atoms with E-state index < -0.39 is 0 Å². The van der Waals surface area contributed by atoms with Crippen LogP contribution >= 0.6 is 0 Å². The number of nitrogens with zero attached hydrogens (tertiary/aromatic N) is 1. The zero-order valence-corrected chi connectivity index (χ0v) is 18.9. The number of carbonyl (C=O) groups is 1. The number of hydrogen-bond donors (Lipinski definition) is 3. The zero-order valence-electron chi connectivity index (χ0n) is 18.9. The summed E-state index contributed by atoms with van der Waals surface area (Å²) in [5.41, 5.74) is 3.75. The summed E-state index contributed by atoms with van der Waals surface area (Å²) in [6, 6.07) is 12.6. The molecule has 2 amide bonds. The van der Waals surface area contributed by atoms with Crippen LogP contribution in [0.25, 0.3) is 11.0 Å². The van der Waals surface area contributed by atoms with Crippen molar-refractivity contribution in [1.82, 2.24) is 10.6 Å². The molecule has 3 N–H and O–H groups in total. The van der Waals surface area contributed by atoms with Gasteiger partial charge in [0.25, 0.3) is 0 Å². The summed E-state index contributed by atoms with van der Waals surface area (Å²) in [6.07, 6.45) is 1.06. The van der Waals surface area contributed by atoms with Crippen LogP contribution < -0.4 is 21.2 Å². The van der Waals surface area contributed by atoms with Crippen LogP contribution in [0.4, 0.5) is 10.5 Å². The number of urea groups is 1. The monoisotopic (exact) mass is 437 g/mol. The molecule has 32 heavy (non-hydrogen) atoms. The van der Waals surface area contributed by atoms with Crippen LogP contribution in [-0.2, 0) is 12.8 Å². The highest BCUT2D eigenvalue weighted by Crippen LogP contribution is 2.25. The lowest BCUT2D eigenvalue weighted by Gasteiger charge is -2.21. The summed E-state index contributed by atoms with van der Waals surface area (Å²) in [4.78, 5) is 26.8. The fourth-order valence-electron chi connectivity index (χ4n) is 3.80. The fraction of sp³-hybridized carbons (Fsp3) is 0.360. The van der Waals surface area contributed by atoms with Crippen molar-refractivity contribution in [2.75, 3.05) is 31.1 Å². The Morgan fingerprint density at radius 3 is 2.31 bits per heavy atom. The minimum Gasteiger partial charge on any atom is -0.508 e. The molecule has 0 radical (unpaired) electrons. The first kappa shape index (κ1) is 23.2. The minimum atomic E-state index is -0.360. The van der Waals surface area contributed by atoms with E-state index in [9.17, 15) is 14.7 Å². The Labute approximate surface area is 188 Å². The number of hydrogen-bond acceptors (Lipinski definition) is 5. The number of nitrogens with one attached hydrogen (secondary N) is 2.